The highest BCUT2D eigenvalue weighted by Crippen LogP contribution is 2.44. The second kappa shape index (κ2) is 7.73. The van der Waals surface area contributed by atoms with E-state index in [0.717, 1.165) is 4.68 Å². The van der Waals surface area contributed by atoms with Gasteiger partial charge in [0.2, 0.25) is 0 Å². The van der Waals surface area contributed by atoms with Gasteiger partial charge >= 0.3 is 6.18 Å². The minimum Gasteiger partial charge on any atom is -0.497 e. The molecule has 0 fully saturated rings. The molecule has 0 bridgehead atoms. The van der Waals surface area contributed by atoms with E-state index in [0.29, 0.717) is 17.7 Å². The Bertz CT molecular complexity index is 833. The van der Waals surface area contributed by atoms with Crippen molar-refractivity contribution in [2.75, 3.05) is 12.4 Å². The van der Waals surface area contributed by atoms with E-state index in [4.69, 9.17) is 4.74 Å². The lowest BCUT2D eigenvalue weighted by atomic mass is 9.96. The molecule has 2 aromatic rings. The molecule has 1 aromatic carbocycles. The predicted octanol–water partition coefficient (Wildman–Crippen LogP) is 4.08. The Kier molecular flexibility index (Phi) is 5.53. The van der Waals surface area contributed by atoms with Gasteiger partial charge in [-0.25, -0.2) is 4.68 Å². The lowest BCUT2D eigenvalue weighted by Crippen LogP contribution is -2.37. The van der Waals surface area contributed by atoms with Crippen molar-refractivity contribution >= 4 is 11.7 Å². The van der Waals surface area contributed by atoms with E-state index >= 15 is 0 Å². The summed E-state index contributed by atoms with van der Waals surface area (Å²) in [6.45, 7) is 3.75. The number of hydrogen-bond donors (Lipinski definition) is 2. The molecule has 0 saturated heterocycles. The highest BCUT2D eigenvalue weighted by molar-refractivity contribution is 5.99. The number of amides is 1. The van der Waals surface area contributed by atoms with Crippen molar-refractivity contribution < 1.29 is 22.7 Å². The Morgan fingerprint density at radius 3 is 2.64 bits per heavy atom. The molecule has 2 N–H and O–H groups in total. The number of benzene rings is 1. The van der Waals surface area contributed by atoms with Gasteiger partial charge in [-0.3, -0.25) is 4.79 Å². The summed E-state index contributed by atoms with van der Waals surface area (Å²) in [7, 11) is 1.52. The number of halogens is 3. The second-order valence-electron chi connectivity index (χ2n) is 6.90. The largest absolute Gasteiger partial charge is 0.497 e. The SMILES string of the molecule is CC[C@H](C)NC(=O)c1cnn2c1N[C@@H](c1ccc(OC)cc1)C[C@@H]2C(F)(F)F. The minimum absolute atomic E-state index is 0.0789. The van der Waals surface area contributed by atoms with Crippen molar-refractivity contribution in [1.82, 2.24) is 15.1 Å². The molecule has 1 aliphatic heterocycles. The number of nitrogens with zero attached hydrogens (tertiary/aromatic N) is 2. The standard InChI is InChI=1S/C19H23F3N4O2/c1-4-11(2)24-18(27)14-10-23-26-16(19(20,21)22)9-15(25-17(14)26)12-5-7-13(28-3)8-6-12/h5-8,10-11,15-16,25H,4,9H2,1-3H3,(H,24,27)/t11-,15+,16+/m0/s1. The van der Waals surface area contributed by atoms with Crippen molar-refractivity contribution in [2.24, 2.45) is 0 Å². The number of alkyl halides is 3. The topological polar surface area (TPSA) is 68.2 Å². The summed E-state index contributed by atoms with van der Waals surface area (Å²) in [4.78, 5) is 12.5. The van der Waals surface area contributed by atoms with Crippen LogP contribution in [0.25, 0.3) is 0 Å². The summed E-state index contributed by atoms with van der Waals surface area (Å²) in [5.74, 6) is 0.250. The zero-order valence-electron chi connectivity index (χ0n) is 15.9. The van der Waals surface area contributed by atoms with Gasteiger partial charge in [0.25, 0.3) is 5.91 Å². The van der Waals surface area contributed by atoms with Crippen LogP contribution in [0.3, 0.4) is 0 Å². The molecule has 0 unspecified atom stereocenters. The van der Waals surface area contributed by atoms with Gasteiger partial charge in [-0.15, -0.1) is 0 Å². The van der Waals surface area contributed by atoms with Crippen LogP contribution in [0.15, 0.2) is 30.5 Å². The van der Waals surface area contributed by atoms with Crippen LogP contribution in [-0.4, -0.2) is 35.0 Å². The number of aromatic nitrogens is 2. The first-order valence-corrected chi connectivity index (χ1v) is 9.10. The number of hydrogen-bond acceptors (Lipinski definition) is 4. The molecule has 3 atom stereocenters. The molecule has 0 saturated carbocycles. The van der Waals surface area contributed by atoms with E-state index < -0.39 is 24.2 Å². The van der Waals surface area contributed by atoms with Gasteiger partial charge < -0.3 is 15.4 Å². The molecule has 1 amide bonds. The van der Waals surface area contributed by atoms with E-state index in [-0.39, 0.29) is 23.8 Å². The Labute approximate surface area is 161 Å². The Balaban J connectivity index is 1.96. The third kappa shape index (κ3) is 3.93. The summed E-state index contributed by atoms with van der Waals surface area (Å²) in [6.07, 6.45) is -2.81. The van der Waals surface area contributed by atoms with Crippen LogP contribution in [0.4, 0.5) is 19.0 Å². The van der Waals surface area contributed by atoms with Crippen molar-refractivity contribution in [3.05, 3.63) is 41.6 Å². The smallest absolute Gasteiger partial charge is 0.410 e. The van der Waals surface area contributed by atoms with Crippen LogP contribution in [-0.2, 0) is 0 Å². The van der Waals surface area contributed by atoms with Crippen molar-refractivity contribution in [2.45, 2.75) is 51.0 Å². The predicted molar refractivity (Wildman–Crippen MR) is 98.5 cm³/mol. The van der Waals surface area contributed by atoms with Crippen LogP contribution in [0.2, 0.25) is 0 Å². The lowest BCUT2D eigenvalue weighted by molar-refractivity contribution is -0.173. The van der Waals surface area contributed by atoms with Gasteiger partial charge in [0.1, 0.15) is 17.1 Å². The van der Waals surface area contributed by atoms with E-state index in [1.807, 2.05) is 13.8 Å². The normalized spacial score (nSPS) is 20.1. The molecule has 2 heterocycles. The lowest BCUT2D eigenvalue weighted by Gasteiger charge is -2.34. The van der Waals surface area contributed by atoms with Gasteiger partial charge in [-0.1, -0.05) is 19.1 Å². The van der Waals surface area contributed by atoms with Gasteiger partial charge in [0.05, 0.1) is 19.3 Å². The minimum atomic E-state index is -4.49. The van der Waals surface area contributed by atoms with Gasteiger partial charge in [0, 0.05) is 12.5 Å². The maximum absolute atomic E-state index is 13.7. The molecule has 152 valence electrons. The molecule has 28 heavy (non-hydrogen) atoms. The van der Waals surface area contributed by atoms with Gasteiger partial charge in [-0.05, 0) is 31.0 Å². The molecule has 1 aromatic heterocycles. The third-order valence-electron chi connectivity index (χ3n) is 4.99. The Hall–Kier alpha value is -2.71. The maximum atomic E-state index is 13.7. The summed E-state index contributed by atoms with van der Waals surface area (Å²) >= 11 is 0. The Morgan fingerprint density at radius 1 is 1.39 bits per heavy atom. The Morgan fingerprint density at radius 2 is 2.07 bits per heavy atom. The number of fused-ring (bicyclic) bond motifs is 1. The average molecular weight is 396 g/mol. The van der Waals surface area contributed by atoms with Crippen molar-refractivity contribution in [1.29, 1.82) is 0 Å². The molecule has 0 radical (unpaired) electrons. The van der Waals surface area contributed by atoms with Gasteiger partial charge in [-0.2, -0.15) is 18.3 Å². The molecular formula is C19H23F3N4O2. The number of ether oxygens (including phenoxy) is 1. The third-order valence-corrected chi connectivity index (χ3v) is 4.99. The van der Waals surface area contributed by atoms with Crippen molar-refractivity contribution in [3.63, 3.8) is 0 Å². The van der Waals surface area contributed by atoms with E-state index in [2.05, 4.69) is 15.7 Å². The first kappa shape index (κ1) is 20.0. The summed E-state index contributed by atoms with van der Waals surface area (Å²) in [5, 5.41) is 9.72. The first-order valence-electron chi connectivity index (χ1n) is 9.10. The van der Waals surface area contributed by atoms with Crippen LogP contribution in [0, 0.1) is 0 Å². The fourth-order valence-electron chi connectivity index (χ4n) is 3.19. The van der Waals surface area contributed by atoms with Crippen LogP contribution in [0.1, 0.15) is 54.7 Å². The van der Waals surface area contributed by atoms with Gasteiger partial charge in [0.15, 0.2) is 6.04 Å². The monoisotopic (exact) mass is 396 g/mol. The summed E-state index contributed by atoms with van der Waals surface area (Å²) in [6, 6.07) is 4.30. The zero-order valence-corrected chi connectivity index (χ0v) is 15.9. The average Bonchev–Trinajstić information content (AvgIpc) is 3.10. The number of nitrogens with one attached hydrogen (secondary N) is 2. The highest BCUT2D eigenvalue weighted by Gasteiger charge is 2.47. The number of anilines is 1. The van der Waals surface area contributed by atoms with E-state index in [9.17, 15) is 18.0 Å². The fraction of sp³-hybridized carbons (Fsp3) is 0.474. The molecule has 1 aliphatic rings. The molecule has 3 rings (SSSR count). The van der Waals surface area contributed by atoms with Crippen LogP contribution < -0.4 is 15.4 Å². The maximum Gasteiger partial charge on any atom is 0.410 e. The molecular weight excluding hydrogens is 373 g/mol. The molecule has 9 heteroatoms. The first-order chi connectivity index (χ1) is 13.2. The van der Waals surface area contributed by atoms with Crippen molar-refractivity contribution in [3.8, 4) is 5.75 Å². The summed E-state index contributed by atoms with van der Waals surface area (Å²) in [5.41, 5.74) is 0.781. The quantitative estimate of drug-likeness (QED) is 0.799. The number of rotatable bonds is 5. The molecule has 6 nitrogen and oxygen atoms in total. The van der Waals surface area contributed by atoms with E-state index in [1.165, 1.54) is 13.3 Å². The second-order valence-corrected chi connectivity index (χ2v) is 6.90. The number of methoxy groups -OCH3 is 1. The zero-order chi connectivity index (χ0) is 20.5. The molecule has 0 aliphatic carbocycles. The van der Waals surface area contributed by atoms with E-state index in [1.54, 1.807) is 24.3 Å². The van der Waals surface area contributed by atoms with Crippen LogP contribution >= 0.6 is 0 Å². The molecule has 0 spiro atoms. The highest BCUT2D eigenvalue weighted by atomic mass is 19.4. The fourth-order valence-corrected chi connectivity index (χ4v) is 3.19. The summed E-state index contributed by atoms with van der Waals surface area (Å²) < 4.78 is 47.1. The van der Waals surface area contributed by atoms with Crippen LogP contribution in [0.5, 0.6) is 5.75 Å². The number of carbonyl (C=O) groups excluding carboxylic acids is 1. The number of carbonyl (C=O) groups is 1.